The second kappa shape index (κ2) is 6.38. The fourth-order valence-electron chi connectivity index (χ4n) is 3.11. The van der Waals surface area contributed by atoms with Crippen molar-refractivity contribution in [2.75, 3.05) is 13.7 Å². The zero-order valence-corrected chi connectivity index (χ0v) is 13.5. The highest BCUT2D eigenvalue weighted by molar-refractivity contribution is 5.96. The van der Waals surface area contributed by atoms with Crippen LogP contribution in [0.1, 0.15) is 39.9 Å². The Balaban J connectivity index is 1.94. The van der Waals surface area contributed by atoms with Gasteiger partial charge in [-0.25, -0.2) is 0 Å². The number of aryl methyl sites for hydroxylation is 1. The van der Waals surface area contributed by atoms with Gasteiger partial charge in [-0.3, -0.25) is 4.79 Å². The molecule has 0 aliphatic carbocycles. The minimum Gasteiger partial charge on any atom is -0.497 e. The Kier molecular flexibility index (Phi) is 4.28. The van der Waals surface area contributed by atoms with Crippen LogP contribution in [0.5, 0.6) is 5.75 Å². The third-order valence-electron chi connectivity index (χ3n) is 4.28. The number of benzene rings is 1. The lowest BCUT2D eigenvalue weighted by Gasteiger charge is -2.24. The molecule has 1 amide bonds. The molecule has 1 aromatic carbocycles. The van der Waals surface area contributed by atoms with Crippen molar-refractivity contribution in [2.45, 2.75) is 25.5 Å². The van der Waals surface area contributed by atoms with E-state index in [0.717, 1.165) is 5.56 Å². The zero-order chi connectivity index (χ0) is 17.3. The number of rotatable bonds is 3. The van der Waals surface area contributed by atoms with Gasteiger partial charge >= 0.3 is 0 Å². The fraction of sp³-hybridized carbons (Fsp3) is 0.333. The van der Waals surface area contributed by atoms with Gasteiger partial charge in [-0.2, -0.15) is 5.26 Å². The van der Waals surface area contributed by atoms with Gasteiger partial charge < -0.3 is 19.2 Å². The number of aliphatic hydroxyl groups is 1. The molecule has 0 unspecified atom stereocenters. The zero-order valence-electron chi connectivity index (χ0n) is 13.5. The van der Waals surface area contributed by atoms with E-state index < -0.39 is 6.10 Å². The van der Waals surface area contributed by atoms with Crippen LogP contribution in [-0.4, -0.2) is 35.7 Å². The monoisotopic (exact) mass is 326 g/mol. The number of β-amino-alcohol motifs (C(OH)–C–C–N with tert-alkyl or cyclic N) is 1. The fourth-order valence-corrected chi connectivity index (χ4v) is 3.11. The molecule has 3 rings (SSSR count). The van der Waals surface area contributed by atoms with Crippen LogP contribution in [0, 0.1) is 18.3 Å². The first kappa shape index (κ1) is 16.1. The number of nitriles is 1. The molecule has 1 aliphatic heterocycles. The van der Waals surface area contributed by atoms with Crippen molar-refractivity contribution in [2.24, 2.45) is 0 Å². The molecule has 0 spiro atoms. The largest absolute Gasteiger partial charge is 0.497 e. The summed E-state index contributed by atoms with van der Waals surface area (Å²) in [4.78, 5) is 14.5. The lowest BCUT2D eigenvalue weighted by Crippen LogP contribution is -2.32. The van der Waals surface area contributed by atoms with E-state index in [1.54, 1.807) is 18.9 Å². The van der Waals surface area contributed by atoms with Gasteiger partial charge in [0.25, 0.3) is 5.91 Å². The van der Waals surface area contributed by atoms with Crippen LogP contribution in [0.2, 0.25) is 0 Å². The van der Waals surface area contributed by atoms with Crippen LogP contribution < -0.4 is 4.74 Å². The quantitative estimate of drug-likeness (QED) is 0.936. The SMILES string of the molecule is COc1cccc([C@H]2C[C@H](O)CN2C(=O)c2cc(C#N)oc2C)c1. The minimum absolute atomic E-state index is 0.105. The van der Waals surface area contributed by atoms with Gasteiger partial charge in [0.2, 0.25) is 5.76 Å². The van der Waals surface area contributed by atoms with Crippen LogP contribution in [0.25, 0.3) is 0 Å². The van der Waals surface area contributed by atoms with E-state index >= 15 is 0 Å². The molecule has 6 heteroatoms. The molecule has 0 bridgehead atoms. The van der Waals surface area contributed by atoms with Crippen molar-refractivity contribution in [3.63, 3.8) is 0 Å². The second-order valence-corrected chi connectivity index (χ2v) is 5.83. The van der Waals surface area contributed by atoms with Crippen LogP contribution in [0.15, 0.2) is 34.7 Å². The molecule has 1 fully saturated rings. The first-order valence-corrected chi connectivity index (χ1v) is 7.67. The van der Waals surface area contributed by atoms with Crippen molar-refractivity contribution >= 4 is 5.91 Å². The van der Waals surface area contributed by atoms with Gasteiger partial charge in [-0.05, 0) is 31.0 Å². The number of ether oxygens (including phenoxy) is 1. The molecule has 0 saturated carbocycles. The Morgan fingerprint density at radius 2 is 2.25 bits per heavy atom. The normalized spacial score (nSPS) is 20.0. The highest BCUT2D eigenvalue weighted by Gasteiger charge is 2.37. The first-order chi connectivity index (χ1) is 11.5. The molecular weight excluding hydrogens is 308 g/mol. The molecule has 2 atom stereocenters. The molecule has 124 valence electrons. The Morgan fingerprint density at radius 1 is 1.46 bits per heavy atom. The molecule has 24 heavy (non-hydrogen) atoms. The van der Waals surface area contributed by atoms with Crippen LogP contribution >= 0.6 is 0 Å². The smallest absolute Gasteiger partial charge is 0.258 e. The molecule has 1 N–H and O–H groups in total. The third kappa shape index (κ3) is 2.86. The predicted molar refractivity (Wildman–Crippen MR) is 85.6 cm³/mol. The Bertz CT molecular complexity index is 806. The number of aliphatic hydroxyl groups excluding tert-OH is 1. The molecule has 1 aromatic heterocycles. The number of hydrogen-bond acceptors (Lipinski definition) is 5. The van der Waals surface area contributed by atoms with E-state index in [0.29, 0.717) is 23.5 Å². The number of carbonyl (C=O) groups excluding carboxylic acids is 1. The van der Waals surface area contributed by atoms with Gasteiger partial charge in [0, 0.05) is 12.6 Å². The molecule has 2 aromatic rings. The summed E-state index contributed by atoms with van der Waals surface area (Å²) in [5.74, 6) is 0.963. The van der Waals surface area contributed by atoms with E-state index in [-0.39, 0.29) is 24.3 Å². The molecule has 1 saturated heterocycles. The number of likely N-dealkylation sites (tertiary alicyclic amines) is 1. The lowest BCUT2D eigenvalue weighted by molar-refractivity contribution is 0.0714. The molecule has 2 heterocycles. The standard InChI is InChI=1S/C18H18N2O4/c1-11-16(8-15(9-19)24-11)18(22)20-10-13(21)7-17(20)12-4-3-5-14(6-12)23-2/h3-6,8,13,17,21H,7,10H2,1-2H3/t13-,17+/m0/s1. The van der Waals surface area contributed by atoms with Crippen LogP contribution in [-0.2, 0) is 0 Å². The van der Waals surface area contributed by atoms with Gasteiger partial charge in [0.1, 0.15) is 17.6 Å². The minimum atomic E-state index is -0.590. The summed E-state index contributed by atoms with van der Waals surface area (Å²) in [6.45, 7) is 1.90. The highest BCUT2D eigenvalue weighted by atomic mass is 16.5. The number of nitrogens with zero attached hydrogens (tertiary/aromatic N) is 2. The maximum Gasteiger partial charge on any atom is 0.258 e. The molecule has 0 radical (unpaired) electrons. The van der Waals surface area contributed by atoms with Crippen molar-refractivity contribution in [1.82, 2.24) is 4.90 Å². The summed E-state index contributed by atoms with van der Waals surface area (Å²) in [7, 11) is 1.59. The summed E-state index contributed by atoms with van der Waals surface area (Å²) in [6.07, 6.45) is -0.131. The number of amides is 1. The average molecular weight is 326 g/mol. The average Bonchev–Trinajstić information content (AvgIpc) is 3.17. The second-order valence-electron chi connectivity index (χ2n) is 5.83. The maximum atomic E-state index is 12.9. The molecule has 6 nitrogen and oxygen atoms in total. The summed E-state index contributed by atoms with van der Waals surface area (Å²) < 4.78 is 10.5. The predicted octanol–water partition coefficient (Wildman–Crippen LogP) is 2.42. The maximum absolute atomic E-state index is 12.9. The van der Waals surface area contributed by atoms with Crippen molar-refractivity contribution in [1.29, 1.82) is 5.26 Å². The highest BCUT2D eigenvalue weighted by Crippen LogP contribution is 2.35. The number of methoxy groups -OCH3 is 1. The van der Waals surface area contributed by atoms with Gasteiger partial charge in [0.05, 0.1) is 24.8 Å². The molecule has 1 aliphatic rings. The number of furan rings is 1. The number of hydrogen-bond donors (Lipinski definition) is 1. The van der Waals surface area contributed by atoms with Crippen molar-refractivity contribution in [3.05, 3.63) is 53.0 Å². The summed E-state index contributed by atoms with van der Waals surface area (Å²) in [5, 5.41) is 19.0. The van der Waals surface area contributed by atoms with Gasteiger partial charge in [-0.15, -0.1) is 0 Å². The van der Waals surface area contributed by atoms with Gasteiger partial charge in [-0.1, -0.05) is 12.1 Å². The Morgan fingerprint density at radius 3 is 2.92 bits per heavy atom. The van der Waals surface area contributed by atoms with E-state index in [4.69, 9.17) is 14.4 Å². The van der Waals surface area contributed by atoms with Crippen LogP contribution in [0.3, 0.4) is 0 Å². The summed E-state index contributed by atoms with van der Waals surface area (Å²) >= 11 is 0. The summed E-state index contributed by atoms with van der Waals surface area (Å²) in [6, 6.07) is 10.6. The van der Waals surface area contributed by atoms with E-state index in [9.17, 15) is 9.90 Å². The van der Waals surface area contributed by atoms with Crippen molar-refractivity contribution in [3.8, 4) is 11.8 Å². The van der Waals surface area contributed by atoms with E-state index in [2.05, 4.69) is 0 Å². The first-order valence-electron chi connectivity index (χ1n) is 7.67. The van der Waals surface area contributed by atoms with Gasteiger partial charge in [0.15, 0.2) is 0 Å². The van der Waals surface area contributed by atoms with Crippen LogP contribution in [0.4, 0.5) is 0 Å². The van der Waals surface area contributed by atoms with E-state index in [1.165, 1.54) is 6.07 Å². The summed E-state index contributed by atoms with van der Waals surface area (Å²) in [5.41, 5.74) is 1.26. The number of carbonyl (C=O) groups is 1. The van der Waals surface area contributed by atoms with Crippen molar-refractivity contribution < 1.29 is 19.1 Å². The molecular formula is C18H18N2O4. The lowest BCUT2D eigenvalue weighted by atomic mass is 10.0. The Labute approximate surface area is 139 Å². The topological polar surface area (TPSA) is 86.7 Å². The van der Waals surface area contributed by atoms with E-state index in [1.807, 2.05) is 30.3 Å². The third-order valence-corrected chi connectivity index (χ3v) is 4.28. The Hall–Kier alpha value is -2.78.